The molecule has 7 rings (SSSR count). The van der Waals surface area contributed by atoms with Crippen LogP contribution in [-0.2, 0) is 0 Å². The Morgan fingerprint density at radius 2 is 1.39 bits per heavy atom. The number of halogens is 1. The molecule has 0 aliphatic carbocycles. The molecule has 31 heavy (non-hydrogen) atoms. The number of rotatable bonds is 1. The molecule has 2 aromatic heterocycles. The van der Waals surface area contributed by atoms with E-state index in [4.69, 9.17) is 11.6 Å². The molecule has 7 aromatic rings. The number of thiophene rings is 1. The summed E-state index contributed by atoms with van der Waals surface area (Å²) in [5.74, 6) is 0. The van der Waals surface area contributed by atoms with Gasteiger partial charge in [0.2, 0.25) is 0 Å². The second kappa shape index (κ2) is 6.34. The monoisotopic (exact) mass is 433 g/mol. The first kappa shape index (κ1) is 17.4. The van der Waals surface area contributed by atoms with E-state index in [-0.39, 0.29) is 0 Å². The van der Waals surface area contributed by atoms with Gasteiger partial charge in [-0.15, -0.1) is 11.3 Å². The third-order valence-electron chi connectivity index (χ3n) is 6.24. The molecule has 0 N–H and O–H groups in total. The molecular formula is C28H16ClNS. The lowest BCUT2D eigenvalue weighted by atomic mass is 10.1. The van der Waals surface area contributed by atoms with Crippen molar-refractivity contribution in [3.05, 3.63) is 102 Å². The molecule has 0 amide bonds. The highest BCUT2D eigenvalue weighted by molar-refractivity contribution is 7.26. The van der Waals surface area contributed by atoms with Crippen LogP contribution in [0.15, 0.2) is 97.1 Å². The molecule has 0 saturated carbocycles. The number of benzene rings is 5. The summed E-state index contributed by atoms with van der Waals surface area (Å²) in [6.07, 6.45) is 0. The summed E-state index contributed by atoms with van der Waals surface area (Å²) >= 11 is 8.13. The van der Waals surface area contributed by atoms with E-state index in [1.54, 1.807) is 0 Å². The molecule has 0 bridgehead atoms. The molecule has 0 spiro atoms. The van der Waals surface area contributed by atoms with Crippen molar-refractivity contribution < 1.29 is 0 Å². The number of nitrogens with zero attached hydrogens (tertiary/aromatic N) is 1. The molecule has 0 radical (unpaired) electrons. The number of para-hydroxylation sites is 1. The van der Waals surface area contributed by atoms with Crippen molar-refractivity contribution in [1.29, 1.82) is 0 Å². The summed E-state index contributed by atoms with van der Waals surface area (Å²) in [6, 6.07) is 34.7. The van der Waals surface area contributed by atoms with Crippen LogP contribution < -0.4 is 0 Å². The summed E-state index contributed by atoms with van der Waals surface area (Å²) in [7, 11) is 0. The summed E-state index contributed by atoms with van der Waals surface area (Å²) in [4.78, 5) is 0. The zero-order valence-corrected chi connectivity index (χ0v) is 18.0. The Bertz CT molecular complexity index is 1810. The zero-order chi connectivity index (χ0) is 20.5. The standard InChI is InChI=1S/C28H16ClNS/c29-18-13-15-21-23-9-5-11-25(28(23)31-26(21)16-18)30-24-10-4-3-8-20(24)22-14-12-17-6-1-2-7-19(17)27(22)30/h1-16H. The van der Waals surface area contributed by atoms with Crippen molar-refractivity contribution >= 4 is 75.7 Å². The van der Waals surface area contributed by atoms with E-state index in [1.807, 2.05) is 17.4 Å². The lowest BCUT2D eigenvalue weighted by molar-refractivity contribution is 1.21. The fourth-order valence-corrected chi connectivity index (χ4v) is 6.40. The van der Waals surface area contributed by atoms with Crippen LogP contribution in [0.1, 0.15) is 0 Å². The van der Waals surface area contributed by atoms with E-state index >= 15 is 0 Å². The number of aromatic nitrogens is 1. The maximum atomic E-state index is 6.31. The quantitative estimate of drug-likeness (QED) is 0.243. The summed E-state index contributed by atoms with van der Waals surface area (Å²) in [5, 5.41) is 8.42. The van der Waals surface area contributed by atoms with Gasteiger partial charge in [-0.2, -0.15) is 0 Å². The fourth-order valence-electron chi connectivity index (χ4n) is 4.91. The van der Waals surface area contributed by atoms with Gasteiger partial charge in [-0.3, -0.25) is 0 Å². The lowest BCUT2D eigenvalue weighted by Gasteiger charge is -2.11. The van der Waals surface area contributed by atoms with Gasteiger partial charge in [-0.05, 0) is 29.7 Å². The number of hydrogen-bond donors (Lipinski definition) is 0. The Kier molecular flexibility index (Phi) is 3.55. The summed E-state index contributed by atoms with van der Waals surface area (Å²) in [5.41, 5.74) is 3.72. The smallest absolute Gasteiger partial charge is 0.0641 e. The minimum absolute atomic E-state index is 0.781. The van der Waals surface area contributed by atoms with E-state index < -0.39 is 0 Å². The molecule has 5 aromatic carbocycles. The predicted molar refractivity (Wildman–Crippen MR) is 136 cm³/mol. The van der Waals surface area contributed by atoms with Crippen LogP contribution in [0, 0.1) is 0 Å². The van der Waals surface area contributed by atoms with Crippen LogP contribution in [0.4, 0.5) is 0 Å². The SMILES string of the molecule is Clc1ccc2c(c1)sc1c(-n3c4ccccc4c4ccc5ccccc5c43)cccc12. The topological polar surface area (TPSA) is 4.93 Å². The molecule has 0 saturated heterocycles. The molecule has 0 atom stereocenters. The Morgan fingerprint density at radius 1 is 0.613 bits per heavy atom. The van der Waals surface area contributed by atoms with Crippen LogP contribution in [0.5, 0.6) is 0 Å². The van der Waals surface area contributed by atoms with Crippen LogP contribution in [0.3, 0.4) is 0 Å². The first-order chi connectivity index (χ1) is 15.3. The van der Waals surface area contributed by atoms with Gasteiger partial charge in [-0.25, -0.2) is 0 Å². The highest BCUT2D eigenvalue weighted by Crippen LogP contribution is 2.42. The minimum atomic E-state index is 0.781. The predicted octanol–water partition coefficient (Wildman–Crippen LogP) is 8.96. The third-order valence-corrected chi connectivity index (χ3v) is 7.67. The minimum Gasteiger partial charge on any atom is -0.307 e. The highest BCUT2D eigenvalue weighted by atomic mass is 35.5. The maximum absolute atomic E-state index is 6.31. The van der Waals surface area contributed by atoms with Gasteiger partial charge in [0.15, 0.2) is 0 Å². The molecule has 0 fully saturated rings. The Hall–Kier alpha value is -3.33. The molecule has 1 nitrogen and oxygen atoms in total. The van der Waals surface area contributed by atoms with E-state index in [9.17, 15) is 0 Å². The Morgan fingerprint density at radius 3 is 2.32 bits per heavy atom. The van der Waals surface area contributed by atoms with Crippen molar-refractivity contribution in [2.24, 2.45) is 0 Å². The van der Waals surface area contributed by atoms with Crippen molar-refractivity contribution in [2.45, 2.75) is 0 Å². The maximum Gasteiger partial charge on any atom is 0.0641 e. The van der Waals surface area contributed by atoms with E-state index in [0.717, 1.165) is 5.02 Å². The van der Waals surface area contributed by atoms with Crippen LogP contribution >= 0.6 is 22.9 Å². The molecule has 0 unspecified atom stereocenters. The van der Waals surface area contributed by atoms with Crippen LogP contribution in [0.25, 0.3) is 58.4 Å². The summed E-state index contributed by atoms with van der Waals surface area (Å²) in [6.45, 7) is 0. The van der Waals surface area contributed by atoms with Crippen molar-refractivity contribution in [3.8, 4) is 5.69 Å². The average molecular weight is 434 g/mol. The summed E-state index contributed by atoms with van der Waals surface area (Å²) < 4.78 is 4.96. The largest absolute Gasteiger partial charge is 0.307 e. The van der Waals surface area contributed by atoms with E-state index in [0.29, 0.717) is 0 Å². The van der Waals surface area contributed by atoms with Gasteiger partial charge < -0.3 is 4.57 Å². The van der Waals surface area contributed by atoms with Crippen molar-refractivity contribution in [3.63, 3.8) is 0 Å². The van der Waals surface area contributed by atoms with E-state index in [2.05, 4.69) is 95.6 Å². The normalized spacial score (nSPS) is 12.0. The molecule has 0 aliphatic rings. The number of fused-ring (bicyclic) bond motifs is 8. The fraction of sp³-hybridized carbons (Fsp3) is 0. The average Bonchev–Trinajstić information content (AvgIpc) is 3.34. The van der Waals surface area contributed by atoms with Crippen LogP contribution in [-0.4, -0.2) is 4.57 Å². The molecule has 2 heterocycles. The molecule has 0 aliphatic heterocycles. The Balaban J connectivity index is 1.73. The first-order valence-corrected chi connectivity index (χ1v) is 11.5. The first-order valence-electron chi connectivity index (χ1n) is 10.3. The number of hydrogen-bond acceptors (Lipinski definition) is 1. The van der Waals surface area contributed by atoms with Crippen LogP contribution in [0.2, 0.25) is 5.02 Å². The van der Waals surface area contributed by atoms with Gasteiger partial charge in [0.25, 0.3) is 0 Å². The van der Waals surface area contributed by atoms with Gasteiger partial charge in [0.1, 0.15) is 0 Å². The second-order valence-corrected chi connectivity index (χ2v) is 9.42. The van der Waals surface area contributed by atoms with Gasteiger partial charge in [0, 0.05) is 36.7 Å². The van der Waals surface area contributed by atoms with Gasteiger partial charge in [0.05, 0.1) is 21.4 Å². The van der Waals surface area contributed by atoms with Crippen molar-refractivity contribution in [1.82, 2.24) is 4.57 Å². The van der Waals surface area contributed by atoms with Gasteiger partial charge >= 0.3 is 0 Å². The molecule has 3 heteroatoms. The van der Waals surface area contributed by atoms with Gasteiger partial charge in [-0.1, -0.05) is 84.4 Å². The lowest BCUT2D eigenvalue weighted by Crippen LogP contribution is -1.94. The Labute approximate surface area is 187 Å². The third kappa shape index (κ3) is 2.38. The van der Waals surface area contributed by atoms with E-state index in [1.165, 1.54) is 58.4 Å². The second-order valence-electron chi connectivity index (χ2n) is 7.93. The van der Waals surface area contributed by atoms with Crippen molar-refractivity contribution in [2.75, 3.05) is 0 Å². The zero-order valence-electron chi connectivity index (χ0n) is 16.5. The highest BCUT2D eigenvalue weighted by Gasteiger charge is 2.17. The molecular weight excluding hydrogens is 418 g/mol. The molecule has 146 valence electrons.